The van der Waals surface area contributed by atoms with E-state index in [1.807, 2.05) is 61.5 Å². The van der Waals surface area contributed by atoms with Crippen molar-refractivity contribution in [3.8, 4) is 0 Å². The number of carbonyl (C=O) groups excluding carboxylic acids is 3. The Labute approximate surface area is 176 Å². The Bertz CT molecular complexity index is 965. The van der Waals surface area contributed by atoms with Crippen LogP contribution in [-0.4, -0.2) is 28.8 Å². The SMILES string of the molecule is CC(=O)N1C=Cc2ccccc2[C@@H]1CC(=O)O[C@H](C)C(=O)NCc1ccc(C)cc1. The molecule has 2 aromatic carbocycles. The van der Waals surface area contributed by atoms with Gasteiger partial charge in [-0.3, -0.25) is 14.4 Å². The van der Waals surface area contributed by atoms with E-state index in [0.717, 1.165) is 22.3 Å². The summed E-state index contributed by atoms with van der Waals surface area (Å²) in [4.78, 5) is 38.4. The third-order valence-electron chi connectivity index (χ3n) is 5.09. The average Bonchev–Trinajstić information content (AvgIpc) is 2.73. The fourth-order valence-corrected chi connectivity index (χ4v) is 3.41. The van der Waals surface area contributed by atoms with Crippen LogP contribution in [0.3, 0.4) is 0 Å². The van der Waals surface area contributed by atoms with Crippen LogP contribution in [-0.2, 0) is 25.7 Å². The molecule has 0 saturated carbocycles. The van der Waals surface area contributed by atoms with Gasteiger partial charge in [-0.1, -0.05) is 54.1 Å². The number of nitrogens with one attached hydrogen (secondary N) is 1. The number of hydrogen-bond donors (Lipinski definition) is 1. The van der Waals surface area contributed by atoms with E-state index in [-0.39, 0.29) is 18.2 Å². The minimum absolute atomic E-state index is 0.0312. The van der Waals surface area contributed by atoms with E-state index >= 15 is 0 Å². The standard InChI is InChI=1S/C24H26N2O4/c1-16-8-10-19(11-9-16)15-25-24(29)17(2)30-23(28)14-22-21-7-5-4-6-20(21)12-13-26(22)18(3)27/h4-13,17,22H,14-15H2,1-3H3,(H,25,29)/t17-,22+/m1/s1. The molecule has 2 atom stereocenters. The predicted molar refractivity (Wildman–Crippen MR) is 114 cm³/mol. The normalized spacial score (nSPS) is 15.8. The van der Waals surface area contributed by atoms with Crippen molar-refractivity contribution in [1.29, 1.82) is 0 Å². The van der Waals surface area contributed by atoms with Gasteiger partial charge in [0.2, 0.25) is 5.91 Å². The molecular formula is C24H26N2O4. The van der Waals surface area contributed by atoms with E-state index in [4.69, 9.17) is 4.74 Å². The van der Waals surface area contributed by atoms with Gasteiger partial charge in [-0.15, -0.1) is 0 Å². The quantitative estimate of drug-likeness (QED) is 0.745. The lowest BCUT2D eigenvalue weighted by molar-refractivity contribution is -0.156. The van der Waals surface area contributed by atoms with Crippen molar-refractivity contribution < 1.29 is 19.1 Å². The Morgan fingerprint density at radius 2 is 1.80 bits per heavy atom. The van der Waals surface area contributed by atoms with Gasteiger partial charge < -0.3 is 15.0 Å². The third-order valence-corrected chi connectivity index (χ3v) is 5.09. The molecule has 0 radical (unpaired) electrons. The average molecular weight is 406 g/mol. The number of benzene rings is 2. The van der Waals surface area contributed by atoms with Gasteiger partial charge >= 0.3 is 5.97 Å². The van der Waals surface area contributed by atoms with Crippen LogP contribution >= 0.6 is 0 Å². The maximum absolute atomic E-state index is 12.6. The van der Waals surface area contributed by atoms with E-state index < -0.39 is 18.1 Å². The summed E-state index contributed by atoms with van der Waals surface area (Å²) in [5.41, 5.74) is 3.95. The van der Waals surface area contributed by atoms with Crippen molar-refractivity contribution in [2.75, 3.05) is 0 Å². The molecule has 156 valence electrons. The molecule has 1 aliphatic heterocycles. The Morgan fingerprint density at radius 3 is 2.50 bits per heavy atom. The minimum atomic E-state index is -0.928. The van der Waals surface area contributed by atoms with Crippen molar-refractivity contribution in [1.82, 2.24) is 10.2 Å². The number of fused-ring (bicyclic) bond motifs is 1. The van der Waals surface area contributed by atoms with Crippen LogP contribution in [0.15, 0.2) is 54.7 Å². The van der Waals surface area contributed by atoms with Crippen molar-refractivity contribution in [2.24, 2.45) is 0 Å². The molecule has 0 fully saturated rings. The summed E-state index contributed by atoms with van der Waals surface area (Å²) in [6.07, 6.45) is 2.57. The van der Waals surface area contributed by atoms with Crippen LogP contribution < -0.4 is 5.32 Å². The largest absolute Gasteiger partial charge is 0.452 e. The van der Waals surface area contributed by atoms with Gasteiger partial charge in [-0.25, -0.2) is 0 Å². The Morgan fingerprint density at radius 1 is 1.10 bits per heavy atom. The van der Waals surface area contributed by atoms with Gasteiger partial charge in [-0.05, 0) is 36.6 Å². The molecule has 6 nitrogen and oxygen atoms in total. The fourth-order valence-electron chi connectivity index (χ4n) is 3.41. The van der Waals surface area contributed by atoms with Crippen molar-refractivity contribution in [2.45, 2.75) is 45.9 Å². The third kappa shape index (κ3) is 5.14. The van der Waals surface area contributed by atoms with E-state index in [9.17, 15) is 14.4 Å². The topological polar surface area (TPSA) is 75.7 Å². The van der Waals surface area contributed by atoms with E-state index in [1.54, 1.807) is 13.1 Å². The van der Waals surface area contributed by atoms with Gasteiger partial charge in [0.15, 0.2) is 6.10 Å². The summed E-state index contributed by atoms with van der Waals surface area (Å²) >= 11 is 0. The molecule has 0 spiro atoms. The first-order valence-electron chi connectivity index (χ1n) is 9.94. The summed E-state index contributed by atoms with van der Waals surface area (Å²) in [6.45, 7) is 5.36. The van der Waals surface area contributed by atoms with Crippen LogP contribution in [0, 0.1) is 6.92 Å². The first kappa shape index (κ1) is 21.3. The number of hydrogen-bond acceptors (Lipinski definition) is 4. The van der Waals surface area contributed by atoms with Crippen LogP contribution in [0.1, 0.15) is 48.6 Å². The zero-order valence-electron chi connectivity index (χ0n) is 17.4. The lowest BCUT2D eigenvalue weighted by Crippen LogP contribution is -2.37. The molecule has 1 N–H and O–H groups in total. The van der Waals surface area contributed by atoms with Gasteiger partial charge in [-0.2, -0.15) is 0 Å². The lowest BCUT2D eigenvalue weighted by Gasteiger charge is -2.32. The number of amides is 2. The smallest absolute Gasteiger partial charge is 0.309 e. The van der Waals surface area contributed by atoms with E-state index in [1.165, 1.54) is 11.8 Å². The predicted octanol–water partition coefficient (Wildman–Crippen LogP) is 3.51. The number of aryl methyl sites for hydroxylation is 1. The first-order chi connectivity index (χ1) is 14.3. The number of nitrogens with zero attached hydrogens (tertiary/aromatic N) is 1. The molecular weight excluding hydrogens is 380 g/mol. The molecule has 30 heavy (non-hydrogen) atoms. The summed E-state index contributed by atoms with van der Waals surface area (Å²) in [5, 5.41) is 2.78. The van der Waals surface area contributed by atoms with Crippen LogP contribution in [0.5, 0.6) is 0 Å². The summed E-state index contributed by atoms with van der Waals surface area (Å²) in [5.74, 6) is -1.06. The highest BCUT2D eigenvalue weighted by Gasteiger charge is 2.30. The highest BCUT2D eigenvalue weighted by atomic mass is 16.5. The molecule has 0 aromatic heterocycles. The maximum atomic E-state index is 12.6. The van der Waals surface area contributed by atoms with E-state index in [2.05, 4.69) is 5.32 Å². The van der Waals surface area contributed by atoms with Crippen molar-refractivity contribution in [3.63, 3.8) is 0 Å². The van der Waals surface area contributed by atoms with Gasteiger partial charge in [0.1, 0.15) is 0 Å². The molecule has 3 rings (SSSR count). The van der Waals surface area contributed by atoms with Crippen LogP contribution in [0.25, 0.3) is 6.08 Å². The highest BCUT2D eigenvalue weighted by Crippen LogP contribution is 2.33. The molecule has 1 aliphatic rings. The van der Waals surface area contributed by atoms with Crippen LogP contribution in [0.2, 0.25) is 0 Å². The number of rotatable bonds is 6. The van der Waals surface area contributed by atoms with Crippen molar-refractivity contribution in [3.05, 3.63) is 77.0 Å². The maximum Gasteiger partial charge on any atom is 0.309 e. The monoisotopic (exact) mass is 406 g/mol. The highest BCUT2D eigenvalue weighted by molar-refractivity contribution is 5.84. The van der Waals surface area contributed by atoms with Gasteiger partial charge in [0.05, 0.1) is 12.5 Å². The Kier molecular flexibility index (Phi) is 6.67. The molecule has 0 bridgehead atoms. The fraction of sp³-hybridized carbons (Fsp3) is 0.292. The lowest BCUT2D eigenvalue weighted by atomic mass is 9.94. The zero-order valence-corrected chi connectivity index (χ0v) is 17.4. The molecule has 0 aliphatic carbocycles. The second kappa shape index (κ2) is 9.39. The number of ether oxygens (including phenoxy) is 1. The second-order valence-electron chi connectivity index (χ2n) is 7.43. The van der Waals surface area contributed by atoms with E-state index in [0.29, 0.717) is 6.54 Å². The Balaban J connectivity index is 1.59. The van der Waals surface area contributed by atoms with Crippen LogP contribution in [0.4, 0.5) is 0 Å². The second-order valence-corrected chi connectivity index (χ2v) is 7.43. The summed E-state index contributed by atoms with van der Waals surface area (Å²) in [6, 6.07) is 15.0. The molecule has 2 aromatic rings. The Hall–Kier alpha value is -3.41. The first-order valence-corrected chi connectivity index (χ1v) is 9.94. The van der Waals surface area contributed by atoms with Gasteiger partial charge in [0, 0.05) is 19.7 Å². The molecule has 0 unspecified atom stereocenters. The molecule has 1 heterocycles. The molecule has 6 heteroatoms. The zero-order chi connectivity index (χ0) is 21.7. The minimum Gasteiger partial charge on any atom is -0.452 e. The molecule has 0 saturated heterocycles. The number of carbonyl (C=O) groups is 3. The summed E-state index contributed by atoms with van der Waals surface area (Å²) in [7, 11) is 0. The van der Waals surface area contributed by atoms with Gasteiger partial charge in [0.25, 0.3) is 5.91 Å². The molecule has 2 amide bonds. The number of esters is 1. The van der Waals surface area contributed by atoms with Crippen molar-refractivity contribution >= 4 is 23.9 Å². The summed E-state index contributed by atoms with van der Waals surface area (Å²) < 4.78 is 5.35.